The van der Waals surface area contributed by atoms with E-state index in [9.17, 15) is 9.59 Å². The zero-order valence-corrected chi connectivity index (χ0v) is 16.0. The number of furan rings is 1. The van der Waals surface area contributed by atoms with Crippen LogP contribution in [0.15, 0.2) is 22.6 Å². The fourth-order valence-corrected chi connectivity index (χ4v) is 4.24. The molecule has 27 heavy (non-hydrogen) atoms. The number of ether oxygens (including phenoxy) is 1. The van der Waals surface area contributed by atoms with E-state index in [-0.39, 0.29) is 17.7 Å². The summed E-state index contributed by atoms with van der Waals surface area (Å²) in [7, 11) is 1.62. The highest BCUT2D eigenvalue weighted by atomic mass is 16.5. The highest BCUT2D eigenvalue weighted by molar-refractivity contribution is 5.99. The van der Waals surface area contributed by atoms with Gasteiger partial charge in [0.15, 0.2) is 5.76 Å². The third-order valence-electron chi connectivity index (χ3n) is 5.92. The van der Waals surface area contributed by atoms with Gasteiger partial charge in [0.05, 0.1) is 7.11 Å². The second kappa shape index (κ2) is 7.25. The first-order valence-corrected chi connectivity index (χ1v) is 9.73. The largest absolute Gasteiger partial charge is 0.497 e. The average Bonchev–Trinajstić information content (AvgIpc) is 3.35. The fourth-order valence-electron chi connectivity index (χ4n) is 4.24. The molecule has 1 aromatic heterocycles. The van der Waals surface area contributed by atoms with Crippen LogP contribution in [-0.2, 0) is 4.79 Å². The predicted octanol–water partition coefficient (Wildman–Crippen LogP) is 3.22. The normalized spacial score (nSPS) is 18.3. The first kappa shape index (κ1) is 17.9. The summed E-state index contributed by atoms with van der Waals surface area (Å²) in [6.07, 6.45) is 4.34. The Morgan fingerprint density at radius 1 is 1.07 bits per heavy atom. The molecule has 0 bridgehead atoms. The van der Waals surface area contributed by atoms with Crippen molar-refractivity contribution in [2.24, 2.45) is 5.92 Å². The molecule has 4 rings (SSSR count). The summed E-state index contributed by atoms with van der Waals surface area (Å²) in [6, 6.07) is 5.55. The molecule has 1 saturated carbocycles. The highest BCUT2D eigenvalue weighted by Gasteiger charge is 2.32. The van der Waals surface area contributed by atoms with Crippen molar-refractivity contribution in [3.8, 4) is 5.75 Å². The zero-order chi connectivity index (χ0) is 19.0. The number of rotatable bonds is 3. The minimum absolute atomic E-state index is 0.101. The molecule has 2 aromatic rings. The topological polar surface area (TPSA) is 63.0 Å². The molecule has 1 aromatic carbocycles. The maximum absolute atomic E-state index is 13.0. The number of aryl methyl sites for hydroxylation is 1. The van der Waals surface area contributed by atoms with Gasteiger partial charge in [0.2, 0.25) is 5.91 Å². The number of hydrogen-bond donors (Lipinski definition) is 0. The molecule has 2 heterocycles. The summed E-state index contributed by atoms with van der Waals surface area (Å²) in [5.41, 5.74) is 1.52. The zero-order valence-electron chi connectivity index (χ0n) is 16.0. The lowest BCUT2D eigenvalue weighted by molar-refractivity contribution is -0.136. The van der Waals surface area contributed by atoms with E-state index in [1.54, 1.807) is 12.0 Å². The SMILES string of the molecule is COc1ccc2oc(C(=O)N3CCN(C(=O)C4CCCC4)CC3)c(C)c2c1. The minimum atomic E-state index is -0.101. The van der Waals surface area contributed by atoms with Crippen LogP contribution in [0.5, 0.6) is 5.75 Å². The van der Waals surface area contributed by atoms with Crippen molar-refractivity contribution in [2.45, 2.75) is 32.6 Å². The summed E-state index contributed by atoms with van der Waals surface area (Å²) in [5.74, 6) is 1.49. The van der Waals surface area contributed by atoms with E-state index in [4.69, 9.17) is 9.15 Å². The Morgan fingerprint density at radius 3 is 2.41 bits per heavy atom. The summed E-state index contributed by atoms with van der Waals surface area (Å²) in [4.78, 5) is 29.3. The third kappa shape index (κ3) is 3.29. The molecular weight excluding hydrogens is 344 g/mol. The van der Waals surface area contributed by atoms with Crippen molar-refractivity contribution in [2.75, 3.05) is 33.3 Å². The van der Waals surface area contributed by atoms with Gasteiger partial charge in [-0.2, -0.15) is 0 Å². The number of nitrogens with zero attached hydrogens (tertiary/aromatic N) is 2. The molecule has 6 nitrogen and oxygen atoms in total. The molecule has 144 valence electrons. The molecule has 1 saturated heterocycles. The molecule has 6 heteroatoms. The summed E-state index contributed by atoms with van der Waals surface area (Å²) < 4.78 is 11.1. The molecule has 0 radical (unpaired) electrons. The fraction of sp³-hybridized carbons (Fsp3) is 0.524. The number of piperazine rings is 1. The highest BCUT2D eigenvalue weighted by Crippen LogP contribution is 2.30. The standard InChI is InChI=1S/C21H26N2O4/c1-14-17-13-16(26-2)7-8-18(17)27-19(14)21(25)23-11-9-22(10-12-23)20(24)15-5-3-4-6-15/h7-8,13,15H,3-6,9-12H2,1-2H3. The Balaban J connectivity index is 1.45. The molecule has 0 unspecified atom stereocenters. The maximum atomic E-state index is 13.0. The second-order valence-electron chi connectivity index (χ2n) is 7.52. The van der Waals surface area contributed by atoms with E-state index in [0.717, 1.165) is 42.4 Å². The first-order valence-electron chi connectivity index (χ1n) is 9.73. The molecular formula is C21H26N2O4. The lowest BCUT2D eigenvalue weighted by atomic mass is 10.1. The van der Waals surface area contributed by atoms with Crippen molar-refractivity contribution in [1.82, 2.24) is 9.80 Å². The van der Waals surface area contributed by atoms with Gasteiger partial charge in [-0.15, -0.1) is 0 Å². The Kier molecular flexibility index (Phi) is 4.81. The Labute approximate surface area is 159 Å². The van der Waals surface area contributed by atoms with Crippen LogP contribution in [0, 0.1) is 12.8 Å². The van der Waals surface area contributed by atoms with E-state index >= 15 is 0 Å². The Hall–Kier alpha value is -2.50. The van der Waals surface area contributed by atoms with Gasteiger partial charge in [0, 0.05) is 43.0 Å². The predicted molar refractivity (Wildman–Crippen MR) is 102 cm³/mol. The van der Waals surface area contributed by atoms with Crippen molar-refractivity contribution in [1.29, 1.82) is 0 Å². The number of benzene rings is 1. The lowest BCUT2D eigenvalue weighted by Gasteiger charge is -2.35. The van der Waals surface area contributed by atoms with E-state index in [2.05, 4.69) is 0 Å². The lowest BCUT2D eigenvalue weighted by Crippen LogP contribution is -2.51. The molecule has 0 spiro atoms. The van der Waals surface area contributed by atoms with Crippen molar-refractivity contribution >= 4 is 22.8 Å². The summed E-state index contributed by atoms with van der Waals surface area (Å²) in [5, 5.41) is 0.896. The number of carbonyl (C=O) groups excluding carboxylic acids is 2. The van der Waals surface area contributed by atoms with Crippen molar-refractivity contribution in [3.05, 3.63) is 29.5 Å². The van der Waals surface area contributed by atoms with Crippen LogP contribution >= 0.6 is 0 Å². The van der Waals surface area contributed by atoms with E-state index in [1.165, 1.54) is 0 Å². The van der Waals surface area contributed by atoms with Gasteiger partial charge in [-0.25, -0.2) is 0 Å². The number of carbonyl (C=O) groups is 2. The molecule has 2 amide bonds. The number of amides is 2. The smallest absolute Gasteiger partial charge is 0.290 e. The van der Waals surface area contributed by atoms with Gasteiger partial charge in [-0.3, -0.25) is 9.59 Å². The van der Waals surface area contributed by atoms with Crippen LogP contribution < -0.4 is 4.74 Å². The average molecular weight is 370 g/mol. The van der Waals surface area contributed by atoms with Crippen LogP contribution in [0.3, 0.4) is 0 Å². The van der Waals surface area contributed by atoms with E-state index < -0.39 is 0 Å². The van der Waals surface area contributed by atoms with Gasteiger partial charge >= 0.3 is 0 Å². The van der Waals surface area contributed by atoms with Crippen LogP contribution in [0.4, 0.5) is 0 Å². The summed E-state index contributed by atoms with van der Waals surface area (Å²) >= 11 is 0. The van der Waals surface area contributed by atoms with Crippen LogP contribution in [0.2, 0.25) is 0 Å². The van der Waals surface area contributed by atoms with Gasteiger partial charge in [0.1, 0.15) is 11.3 Å². The van der Waals surface area contributed by atoms with Crippen LogP contribution in [-0.4, -0.2) is 54.9 Å². The van der Waals surface area contributed by atoms with Crippen molar-refractivity contribution in [3.63, 3.8) is 0 Å². The molecule has 2 fully saturated rings. The van der Waals surface area contributed by atoms with Gasteiger partial charge in [0.25, 0.3) is 5.91 Å². The number of fused-ring (bicyclic) bond motifs is 1. The number of methoxy groups -OCH3 is 1. The Bertz CT molecular complexity index is 858. The van der Waals surface area contributed by atoms with E-state index in [1.807, 2.05) is 30.0 Å². The molecule has 0 N–H and O–H groups in total. The van der Waals surface area contributed by atoms with Gasteiger partial charge in [-0.1, -0.05) is 12.8 Å². The first-order chi connectivity index (χ1) is 13.1. The molecule has 1 aliphatic carbocycles. The van der Waals surface area contributed by atoms with E-state index in [0.29, 0.717) is 37.5 Å². The van der Waals surface area contributed by atoms with Gasteiger partial charge in [-0.05, 0) is 38.0 Å². The van der Waals surface area contributed by atoms with Crippen LogP contribution in [0.25, 0.3) is 11.0 Å². The number of hydrogen-bond acceptors (Lipinski definition) is 4. The minimum Gasteiger partial charge on any atom is -0.497 e. The third-order valence-corrected chi connectivity index (χ3v) is 5.92. The van der Waals surface area contributed by atoms with Crippen LogP contribution in [0.1, 0.15) is 41.8 Å². The summed E-state index contributed by atoms with van der Waals surface area (Å²) in [6.45, 7) is 4.22. The molecule has 2 aliphatic rings. The Morgan fingerprint density at radius 2 is 1.74 bits per heavy atom. The van der Waals surface area contributed by atoms with Gasteiger partial charge < -0.3 is 19.0 Å². The maximum Gasteiger partial charge on any atom is 0.290 e. The second-order valence-corrected chi connectivity index (χ2v) is 7.52. The molecule has 0 atom stereocenters. The van der Waals surface area contributed by atoms with Crippen molar-refractivity contribution < 1.29 is 18.7 Å². The molecule has 1 aliphatic heterocycles. The monoisotopic (exact) mass is 370 g/mol. The quantitative estimate of drug-likeness (QED) is 0.832.